The third-order valence-corrected chi connectivity index (χ3v) is 5.55. The molecule has 0 atom stereocenters. The van der Waals surface area contributed by atoms with E-state index in [0.29, 0.717) is 44.4 Å². The van der Waals surface area contributed by atoms with Crippen LogP contribution in [0.15, 0.2) is 42.5 Å². The number of phenolic OH excluding ortho intramolecular Hbond substituents is 1. The highest BCUT2D eigenvalue weighted by Gasteiger charge is 2.23. The highest BCUT2D eigenvalue weighted by atomic mass is 35.5. The van der Waals surface area contributed by atoms with Gasteiger partial charge in [0.1, 0.15) is 5.75 Å². The maximum absolute atomic E-state index is 12.9. The SMILES string of the molecule is O=C(Nc1cc(Cl)ccc1N1CCOCC1)N1CCN(c2cccc(O)c2)CC1. The number of hydrogen-bond donors (Lipinski definition) is 2. The minimum Gasteiger partial charge on any atom is -0.508 e. The molecule has 0 aliphatic carbocycles. The number of piperazine rings is 1. The normalized spacial score (nSPS) is 17.3. The Bertz CT molecular complexity index is 865. The van der Waals surface area contributed by atoms with Crippen LogP contribution in [0.2, 0.25) is 5.02 Å². The Hall–Kier alpha value is -2.64. The van der Waals surface area contributed by atoms with Gasteiger partial charge in [0.15, 0.2) is 0 Å². The van der Waals surface area contributed by atoms with Crippen LogP contribution in [-0.4, -0.2) is 68.5 Å². The summed E-state index contributed by atoms with van der Waals surface area (Å²) in [7, 11) is 0. The van der Waals surface area contributed by atoms with Crippen LogP contribution in [0.1, 0.15) is 0 Å². The molecule has 0 bridgehead atoms. The summed E-state index contributed by atoms with van der Waals surface area (Å²) in [5, 5.41) is 13.3. The topological polar surface area (TPSA) is 68.3 Å². The molecule has 2 aromatic carbocycles. The lowest BCUT2D eigenvalue weighted by Crippen LogP contribution is -2.50. The van der Waals surface area contributed by atoms with Crippen molar-refractivity contribution in [1.29, 1.82) is 0 Å². The molecule has 2 aliphatic rings. The molecule has 0 radical (unpaired) electrons. The molecule has 2 heterocycles. The number of amides is 2. The summed E-state index contributed by atoms with van der Waals surface area (Å²) >= 11 is 6.19. The van der Waals surface area contributed by atoms with Crippen molar-refractivity contribution >= 4 is 34.7 Å². The van der Waals surface area contributed by atoms with Crippen LogP contribution in [0.25, 0.3) is 0 Å². The van der Waals surface area contributed by atoms with Crippen LogP contribution in [0.4, 0.5) is 21.9 Å². The van der Waals surface area contributed by atoms with Crippen molar-refractivity contribution in [3.63, 3.8) is 0 Å². The van der Waals surface area contributed by atoms with Crippen molar-refractivity contribution in [3.05, 3.63) is 47.5 Å². The van der Waals surface area contributed by atoms with Gasteiger partial charge in [0.2, 0.25) is 0 Å². The number of halogens is 1. The van der Waals surface area contributed by atoms with Gasteiger partial charge in [0.25, 0.3) is 0 Å². The fourth-order valence-corrected chi connectivity index (χ4v) is 3.91. The number of nitrogens with one attached hydrogen (secondary N) is 1. The lowest BCUT2D eigenvalue weighted by atomic mass is 10.2. The average Bonchev–Trinajstić information content (AvgIpc) is 2.74. The van der Waals surface area contributed by atoms with Crippen LogP contribution in [0.5, 0.6) is 5.75 Å². The van der Waals surface area contributed by atoms with Crippen molar-refractivity contribution in [3.8, 4) is 5.75 Å². The van der Waals surface area contributed by atoms with Gasteiger partial charge in [-0.1, -0.05) is 17.7 Å². The molecule has 2 saturated heterocycles. The van der Waals surface area contributed by atoms with Crippen molar-refractivity contribution in [2.45, 2.75) is 0 Å². The lowest BCUT2D eigenvalue weighted by Gasteiger charge is -2.36. The molecule has 0 unspecified atom stereocenters. The first-order valence-electron chi connectivity index (χ1n) is 9.82. The predicted molar refractivity (Wildman–Crippen MR) is 115 cm³/mol. The van der Waals surface area contributed by atoms with Gasteiger partial charge in [-0.25, -0.2) is 4.79 Å². The van der Waals surface area contributed by atoms with E-state index in [4.69, 9.17) is 16.3 Å². The second-order valence-corrected chi connectivity index (χ2v) is 7.62. The molecular weight excluding hydrogens is 392 g/mol. The second-order valence-electron chi connectivity index (χ2n) is 7.18. The van der Waals surface area contributed by atoms with Crippen molar-refractivity contribution < 1.29 is 14.6 Å². The zero-order valence-electron chi connectivity index (χ0n) is 16.2. The first-order chi connectivity index (χ1) is 14.1. The van der Waals surface area contributed by atoms with Gasteiger partial charge < -0.3 is 29.9 Å². The van der Waals surface area contributed by atoms with Crippen LogP contribution >= 0.6 is 11.6 Å². The van der Waals surface area contributed by atoms with Gasteiger partial charge in [0.05, 0.1) is 24.6 Å². The third kappa shape index (κ3) is 4.68. The highest BCUT2D eigenvalue weighted by Crippen LogP contribution is 2.30. The summed E-state index contributed by atoms with van der Waals surface area (Å²) in [6.45, 7) is 5.55. The van der Waals surface area contributed by atoms with E-state index < -0.39 is 0 Å². The van der Waals surface area contributed by atoms with Gasteiger partial charge >= 0.3 is 6.03 Å². The molecule has 2 fully saturated rings. The summed E-state index contributed by atoms with van der Waals surface area (Å²) < 4.78 is 5.43. The molecule has 4 rings (SSSR count). The summed E-state index contributed by atoms with van der Waals surface area (Å²) in [5.41, 5.74) is 2.65. The monoisotopic (exact) mass is 416 g/mol. The number of morpholine rings is 1. The molecule has 0 spiro atoms. The Morgan fingerprint density at radius 3 is 2.45 bits per heavy atom. The minimum atomic E-state index is -0.127. The van der Waals surface area contributed by atoms with Gasteiger partial charge in [-0.05, 0) is 30.3 Å². The molecule has 2 N–H and O–H groups in total. The van der Waals surface area contributed by atoms with E-state index in [9.17, 15) is 9.90 Å². The van der Waals surface area contributed by atoms with Gasteiger partial charge in [-0.3, -0.25) is 0 Å². The van der Waals surface area contributed by atoms with Gasteiger partial charge in [0, 0.05) is 56.0 Å². The van der Waals surface area contributed by atoms with Crippen LogP contribution in [-0.2, 0) is 4.74 Å². The number of urea groups is 1. The molecule has 7 nitrogen and oxygen atoms in total. The number of hydrogen-bond acceptors (Lipinski definition) is 5. The number of rotatable bonds is 3. The zero-order chi connectivity index (χ0) is 20.2. The van der Waals surface area contributed by atoms with E-state index in [1.165, 1.54) is 0 Å². The van der Waals surface area contributed by atoms with Gasteiger partial charge in [-0.15, -0.1) is 0 Å². The predicted octanol–water partition coefficient (Wildman–Crippen LogP) is 3.24. The first kappa shape index (κ1) is 19.7. The maximum atomic E-state index is 12.9. The van der Waals surface area contributed by atoms with Crippen molar-refractivity contribution in [2.24, 2.45) is 0 Å². The smallest absolute Gasteiger partial charge is 0.322 e. The molecule has 8 heteroatoms. The molecular formula is C21H25ClN4O3. The van der Waals surface area contributed by atoms with E-state index in [1.807, 2.05) is 29.2 Å². The van der Waals surface area contributed by atoms with Gasteiger partial charge in [-0.2, -0.15) is 0 Å². The Morgan fingerprint density at radius 2 is 1.72 bits per heavy atom. The zero-order valence-corrected chi connectivity index (χ0v) is 16.9. The first-order valence-corrected chi connectivity index (χ1v) is 10.2. The molecule has 154 valence electrons. The molecule has 2 aromatic rings. The number of aromatic hydroxyl groups is 1. The Kier molecular flexibility index (Phi) is 5.97. The fourth-order valence-electron chi connectivity index (χ4n) is 3.74. The van der Waals surface area contributed by atoms with Crippen LogP contribution in [0.3, 0.4) is 0 Å². The van der Waals surface area contributed by atoms with Crippen molar-refractivity contribution in [2.75, 3.05) is 67.6 Å². The second kappa shape index (κ2) is 8.80. The molecule has 0 saturated carbocycles. The number of carbonyl (C=O) groups excluding carboxylic acids is 1. The van der Waals surface area contributed by atoms with Crippen molar-refractivity contribution in [1.82, 2.24) is 4.90 Å². The fraction of sp³-hybridized carbons (Fsp3) is 0.381. The quantitative estimate of drug-likeness (QED) is 0.804. The average molecular weight is 417 g/mol. The lowest BCUT2D eigenvalue weighted by molar-refractivity contribution is 0.123. The number of anilines is 3. The molecule has 2 amide bonds. The standard InChI is InChI=1S/C21H25ClN4O3/c22-16-4-5-20(25-10-12-29-13-11-25)19(14-16)23-21(28)26-8-6-24(7-9-26)17-2-1-3-18(27)15-17/h1-5,14-15,27H,6-13H2,(H,23,28). The van der Waals surface area contributed by atoms with E-state index in [1.54, 1.807) is 18.2 Å². The number of nitrogens with zero attached hydrogens (tertiary/aromatic N) is 3. The summed E-state index contributed by atoms with van der Waals surface area (Å²) in [6, 6.07) is 12.7. The number of benzene rings is 2. The summed E-state index contributed by atoms with van der Waals surface area (Å²) in [4.78, 5) is 19.1. The van der Waals surface area contributed by atoms with E-state index in [-0.39, 0.29) is 11.8 Å². The number of carbonyl (C=O) groups is 1. The molecule has 2 aliphatic heterocycles. The van der Waals surface area contributed by atoms with E-state index >= 15 is 0 Å². The Balaban J connectivity index is 1.40. The molecule has 29 heavy (non-hydrogen) atoms. The van der Waals surface area contributed by atoms with Crippen LogP contribution in [0, 0.1) is 0 Å². The Labute approximate surface area is 175 Å². The third-order valence-electron chi connectivity index (χ3n) is 5.31. The number of phenols is 1. The highest BCUT2D eigenvalue weighted by molar-refractivity contribution is 6.31. The van der Waals surface area contributed by atoms with E-state index in [0.717, 1.165) is 30.2 Å². The minimum absolute atomic E-state index is 0.127. The maximum Gasteiger partial charge on any atom is 0.322 e. The summed E-state index contributed by atoms with van der Waals surface area (Å²) in [6.07, 6.45) is 0. The van der Waals surface area contributed by atoms with Crippen LogP contribution < -0.4 is 15.1 Å². The largest absolute Gasteiger partial charge is 0.508 e. The summed E-state index contributed by atoms with van der Waals surface area (Å²) in [5.74, 6) is 0.249. The number of ether oxygens (including phenoxy) is 1. The Morgan fingerprint density at radius 1 is 0.966 bits per heavy atom. The molecule has 0 aromatic heterocycles. The van der Waals surface area contributed by atoms with E-state index in [2.05, 4.69) is 15.1 Å².